The molecule has 0 fully saturated rings. The minimum atomic E-state index is -3.69. The minimum Gasteiger partial charge on any atom is -0.493 e. The Morgan fingerprint density at radius 1 is 1.00 bits per heavy atom. The Morgan fingerprint density at radius 2 is 1.70 bits per heavy atom. The highest BCUT2D eigenvalue weighted by molar-refractivity contribution is 7.93. The van der Waals surface area contributed by atoms with E-state index in [9.17, 15) is 8.42 Å². The van der Waals surface area contributed by atoms with Gasteiger partial charge >= 0.3 is 0 Å². The maximum Gasteiger partial charge on any atom is 0.265 e. The zero-order valence-electron chi connectivity index (χ0n) is 15.6. The number of hydrogen-bond donors (Lipinski definition) is 0. The van der Waals surface area contributed by atoms with Crippen molar-refractivity contribution in [3.05, 3.63) is 66.2 Å². The maximum absolute atomic E-state index is 13.6. The highest BCUT2D eigenvalue weighted by Crippen LogP contribution is 2.39. The van der Waals surface area contributed by atoms with Crippen LogP contribution in [0.25, 0.3) is 10.8 Å². The van der Waals surface area contributed by atoms with Crippen molar-refractivity contribution in [1.82, 2.24) is 0 Å². The normalized spacial score (nSPS) is 16.5. The Hall–Kier alpha value is -2.53. The summed E-state index contributed by atoms with van der Waals surface area (Å²) < 4.78 is 34.7. The van der Waals surface area contributed by atoms with Gasteiger partial charge in [-0.2, -0.15) is 0 Å². The van der Waals surface area contributed by atoms with Gasteiger partial charge in [-0.1, -0.05) is 49.4 Å². The van der Waals surface area contributed by atoms with Crippen molar-refractivity contribution in [2.45, 2.75) is 37.6 Å². The monoisotopic (exact) mass is 381 g/mol. The molecule has 4 nitrogen and oxygen atoms in total. The highest BCUT2D eigenvalue weighted by Gasteiger charge is 2.36. The maximum atomic E-state index is 13.6. The molecule has 0 bridgehead atoms. The van der Waals surface area contributed by atoms with Gasteiger partial charge in [0.25, 0.3) is 10.0 Å². The quantitative estimate of drug-likeness (QED) is 0.640. The van der Waals surface area contributed by atoms with Crippen molar-refractivity contribution in [1.29, 1.82) is 0 Å². The van der Waals surface area contributed by atoms with Gasteiger partial charge in [0.2, 0.25) is 0 Å². The molecule has 0 saturated carbocycles. The summed E-state index contributed by atoms with van der Waals surface area (Å²) in [5.74, 6) is 0.723. The van der Waals surface area contributed by atoms with E-state index < -0.39 is 10.0 Å². The average Bonchev–Trinajstić information content (AvgIpc) is 3.02. The second-order valence-electron chi connectivity index (χ2n) is 6.94. The average molecular weight is 381 g/mol. The standard InChI is InChI=1S/C22H23NO3S/c1-3-14-26-21-12-13-22(19-10-6-5-9-18(19)21)27(24,25)23-16(2)15-17-8-4-7-11-20(17)23/h4-13,16H,3,14-15H2,1-2H3. The summed E-state index contributed by atoms with van der Waals surface area (Å²) >= 11 is 0. The summed E-state index contributed by atoms with van der Waals surface area (Å²) in [4.78, 5) is 0.325. The summed E-state index contributed by atoms with van der Waals surface area (Å²) in [5.41, 5.74) is 1.85. The van der Waals surface area contributed by atoms with Crippen LogP contribution in [0.1, 0.15) is 25.8 Å². The molecule has 0 radical (unpaired) electrons. The van der Waals surface area contributed by atoms with Crippen LogP contribution in [-0.4, -0.2) is 21.1 Å². The van der Waals surface area contributed by atoms with Gasteiger partial charge < -0.3 is 4.74 Å². The van der Waals surface area contributed by atoms with Gasteiger partial charge in [-0.3, -0.25) is 4.31 Å². The van der Waals surface area contributed by atoms with Crippen LogP contribution < -0.4 is 9.04 Å². The molecule has 1 atom stereocenters. The predicted octanol–water partition coefficient (Wildman–Crippen LogP) is 4.77. The lowest BCUT2D eigenvalue weighted by Gasteiger charge is -2.25. The van der Waals surface area contributed by atoms with Gasteiger partial charge in [0, 0.05) is 16.8 Å². The third kappa shape index (κ3) is 2.96. The van der Waals surface area contributed by atoms with Crippen molar-refractivity contribution in [2.75, 3.05) is 10.9 Å². The summed E-state index contributed by atoms with van der Waals surface area (Å²) in [6.07, 6.45) is 1.63. The number of sulfonamides is 1. The van der Waals surface area contributed by atoms with Crippen molar-refractivity contribution >= 4 is 26.5 Å². The lowest BCUT2D eigenvalue weighted by molar-refractivity contribution is 0.321. The van der Waals surface area contributed by atoms with Crippen LogP contribution in [0, 0.1) is 0 Å². The van der Waals surface area contributed by atoms with Gasteiger partial charge in [-0.05, 0) is 43.5 Å². The number of hydrogen-bond acceptors (Lipinski definition) is 3. The van der Waals surface area contributed by atoms with Gasteiger partial charge in [0.05, 0.1) is 17.2 Å². The number of fused-ring (bicyclic) bond motifs is 2. The Kier molecular flexibility index (Phi) is 4.56. The SMILES string of the molecule is CCCOc1ccc(S(=O)(=O)N2c3ccccc3CC2C)c2ccccc12. The molecule has 0 N–H and O–H groups in total. The van der Waals surface area contributed by atoms with E-state index in [0.29, 0.717) is 16.9 Å². The number of ether oxygens (including phenoxy) is 1. The summed E-state index contributed by atoms with van der Waals surface area (Å²) in [7, 11) is -3.69. The van der Waals surface area contributed by atoms with E-state index in [1.165, 1.54) is 0 Å². The highest BCUT2D eigenvalue weighted by atomic mass is 32.2. The molecule has 3 aromatic rings. The topological polar surface area (TPSA) is 46.6 Å². The lowest BCUT2D eigenvalue weighted by Crippen LogP contribution is -2.35. The van der Waals surface area contributed by atoms with Crippen molar-refractivity contribution in [3.63, 3.8) is 0 Å². The van der Waals surface area contributed by atoms with Crippen LogP contribution >= 0.6 is 0 Å². The van der Waals surface area contributed by atoms with Crippen molar-refractivity contribution in [3.8, 4) is 5.75 Å². The molecule has 0 aliphatic carbocycles. The predicted molar refractivity (Wildman–Crippen MR) is 109 cm³/mol. The lowest BCUT2D eigenvalue weighted by atomic mass is 10.1. The van der Waals surface area contributed by atoms with E-state index in [0.717, 1.165) is 35.2 Å². The fourth-order valence-corrected chi connectivity index (χ4v) is 5.71. The van der Waals surface area contributed by atoms with Crippen molar-refractivity contribution in [2.24, 2.45) is 0 Å². The molecule has 1 aliphatic heterocycles. The molecular formula is C22H23NO3S. The van der Waals surface area contributed by atoms with Crippen LogP contribution in [-0.2, 0) is 16.4 Å². The third-order valence-electron chi connectivity index (χ3n) is 4.99. The number of rotatable bonds is 5. The fraction of sp³-hybridized carbons (Fsp3) is 0.273. The zero-order valence-corrected chi connectivity index (χ0v) is 16.4. The molecule has 0 spiro atoms. The summed E-state index contributed by atoms with van der Waals surface area (Å²) in [5, 5.41) is 1.52. The Labute approximate surface area is 160 Å². The smallest absolute Gasteiger partial charge is 0.265 e. The molecule has 5 heteroatoms. The van der Waals surface area contributed by atoms with E-state index in [-0.39, 0.29) is 6.04 Å². The van der Waals surface area contributed by atoms with Gasteiger partial charge in [-0.25, -0.2) is 8.42 Å². The molecule has 0 amide bonds. The Bertz CT molecular complexity index is 1090. The molecule has 0 aromatic heterocycles. The zero-order chi connectivity index (χ0) is 19.0. The minimum absolute atomic E-state index is 0.109. The number of anilines is 1. The van der Waals surface area contributed by atoms with E-state index >= 15 is 0 Å². The summed E-state index contributed by atoms with van der Waals surface area (Å²) in [6.45, 7) is 4.61. The largest absolute Gasteiger partial charge is 0.493 e. The van der Waals surface area contributed by atoms with Crippen LogP contribution in [0.2, 0.25) is 0 Å². The van der Waals surface area contributed by atoms with Gasteiger partial charge in [0.1, 0.15) is 5.75 Å². The molecule has 4 rings (SSSR count). The molecule has 27 heavy (non-hydrogen) atoms. The molecule has 0 saturated heterocycles. The second kappa shape index (κ2) is 6.89. The first kappa shape index (κ1) is 17.9. The second-order valence-corrected chi connectivity index (χ2v) is 8.72. The first-order valence-electron chi connectivity index (χ1n) is 9.31. The van der Waals surface area contributed by atoms with Crippen molar-refractivity contribution < 1.29 is 13.2 Å². The number of nitrogens with zero attached hydrogens (tertiary/aromatic N) is 1. The van der Waals surface area contributed by atoms with Crippen LogP contribution in [0.15, 0.2) is 65.6 Å². The molecule has 1 unspecified atom stereocenters. The van der Waals surface area contributed by atoms with Gasteiger partial charge in [0.15, 0.2) is 0 Å². The third-order valence-corrected chi connectivity index (χ3v) is 6.97. The number of benzene rings is 3. The molecule has 3 aromatic carbocycles. The van der Waals surface area contributed by atoms with E-state index in [1.807, 2.05) is 62.4 Å². The molecule has 140 valence electrons. The van der Waals surface area contributed by atoms with E-state index in [4.69, 9.17) is 4.74 Å². The van der Waals surface area contributed by atoms with Crippen LogP contribution in [0.3, 0.4) is 0 Å². The molecule has 1 heterocycles. The first-order chi connectivity index (χ1) is 13.0. The van der Waals surface area contributed by atoms with Crippen LogP contribution in [0.4, 0.5) is 5.69 Å². The molecule has 1 aliphatic rings. The number of para-hydroxylation sites is 1. The summed E-state index contributed by atoms with van der Waals surface area (Å²) in [6, 6.07) is 18.6. The van der Waals surface area contributed by atoms with Gasteiger partial charge in [-0.15, -0.1) is 0 Å². The van der Waals surface area contributed by atoms with E-state index in [1.54, 1.807) is 16.4 Å². The fourth-order valence-electron chi connectivity index (χ4n) is 3.82. The van der Waals surface area contributed by atoms with E-state index in [2.05, 4.69) is 0 Å². The Balaban J connectivity index is 1.87. The first-order valence-corrected chi connectivity index (χ1v) is 10.7. The van der Waals surface area contributed by atoms with Crippen LogP contribution in [0.5, 0.6) is 5.75 Å². The Morgan fingerprint density at radius 3 is 2.48 bits per heavy atom. The molecular weight excluding hydrogens is 358 g/mol.